The van der Waals surface area contributed by atoms with E-state index in [1.807, 2.05) is 0 Å². The molecule has 0 radical (unpaired) electrons. The van der Waals surface area contributed by atoms with Crippen LogP contribution in [0.2, 0.25) is 0 Å². The van der Waals surface area contributed by atoms with Crippen LogP contribution in [0.4, 0.5) is 0 Å². The Morgan fingerprint density at radius 3 is 2.75 bits per heavy atom. The molecule has 1 fully saturated rings. The maximum atomic E-state index is 12.1. The zero-order valence-electron chi connectivity index (χ0n) is 11.1. The van der Waals surface area contributed by atoms with Gasteiger partial charge in [-0.05, 0) is 32.2 Å². The Kier molecular flexibility index (Phi) is 6.04. The second-order valence-electron chi connectivity index (χ2n) is 5.27. The van der Waals surface area contributed by atoms with Gasteiger partial charge in [-0.3, -0.25) is 4.79 Å². The van der Waals surface area contributed by atoms with Crippen LogP contribution in [-0.2, 0) is 4.79 Å². The minimum Gasteiger partial charge on any atom is -0.314 e. The number of hydrogen-bond donors (Lipinski definition) is 1. The highest BCUT2D eigenvalue weighted by atomic mass is 16.1. The van der Waals surface area contributed by atoms with Crippen molar-refractivity contribution in [2.75, 3.05) is 6.54 Å². The van der Waals surface area contributed by atoms with Gasteiger partial charge in [0.15, 0.2) is 0 Å². The van der Waals surface area contributed by atoms with E-state index in [9.17, 15) is 4.79 Å². The van der Waals surface area contributed by atoms with Gasteiger partial charge in [-0.1, -0.05) is 33.1 Å². The summed E-state index contributed by atoms with van der Waals surface area (Å²) in [5.41, 5.74) is 0. The van der Waals surface area contributed by atoms with Crippen LogP contribution < -0.4 is 5.32 Å². The molecule has 0 amide bonds. The van der Waals surface area contributed by atoms with Crippen LogP contribution in [0.25, 0.3) is 0 Å². The first-order chi connectivity index (χ1) is 7.67. The van der Waals surface area contributed by atoms with Gasteiger partial charge in [0.05, 0.1) is 0 Å². The van der Waals surface area contributed by atoms with E-state index in [-0.39, 0.29) is 0 Å². The summed E-state index contributed by atoms with van der Waals surface area (Å²) in [5, 5.41) is 3.32. The minimum atomic E-state index is 0.347. The Bertz CT molecular complexity index is 215. The zero-order chi connectivity index (χ0) is 12.0. The van der Waals surface area contributed by atoms with Crippen molar-refractivity contribution in [3.8, 4) is 0 Å². The molecule has 0 spiro atoms. The highest BCUT2D eigenvalue weighted by Gasteiger charge is 2.26. The van der Waals surface area contributed by atoms with Gasteiger partial charge in [0.25, 0.3) is 0 Å². The van der Waals surface area contributed by atoms with E-state index >= 15 is 0 Å². The van der Waals surface area contributed by atoms with E-state index in [1.165, 1.54) is 19.3 Å². The molecule has 0 heterocycles. The maximum absolute atomic E-state index is 12.1. The lowest BCUT2D eigenvalue weighted by Gasteiger charge is -2.28. The Labute approximate surface area is 100 Å². The largest absolute Gasteiger partial charge is 0.314 e. The van der Waals surface area contributed by atoms with Gasteiger partial charge in [-0.25, -0.2) is 0 Å². The van der Waals surface area contributed by atoms with Crippen molar-refractivity contribution in [2.45, 2.75) is 65.3 Å². The van der Waals surface area contributed by atoms with Gasteiger partial charge >= 0.3 is 0 Å². The summed E-state index contributed by atoms with van der Waals surface area (Å²) in [6.45, 7) is 7.41. The van der Waals surface area contributed by atoms with Crippen LogP contribution in [-0.4, -0.2) is 18.4 Å². The zero-order valence-corrected chi connectivity index (χ0v) is 11.1. The highest BCUT2D eigenvalue weighted by molar-refractivity contribution is 5.81. The number of nitrogens with one attached hydrogen (secondary N) is 1. The second kappa shape index (κ2) is 7.05. The fraction of sp³-hybridized carbons (Fsp3) is 0.929. The molecule has 0 aromatic carbocycles. The molecule has 1 rings (SSSR count). The fourth-order valence-corrected chi connectivity index (χ4v) is 2.84. The predicted octanol–water partition coefficient (Wildman–Crippen LogP) is 3.16. The number of carbonyl (C=O) groups is 1. The first-order valence-corrected chi connectivity index (χ1v) is 6.93. The van der Waals surface area contributed by atoms with Crippen molar-refractivity contribution in [3.63, 3.8) is 0 Å². The first-order valence-electron chi connectivity index (χ1n) is 6.93. The van der Waals surface area contributed by atoms with Gasteiger partial charge in [-0.15, -0.1) is 0 Å². The van der Waals surface area contributed by atoms with Gasteiger partial charge in [0, 0.05) is 18.4 Å². The van der Waals surface area contributed by atoms with E-state index in [1.54, 1.807) is 0 Å². The summed E-state index contributed by atoms with van der Waals surface area (Å²) >= 11 is 0. The standard InChI is InChI=1S/C14H27NO/c1-4-12-7-6-8-13(10-12)14(16)9-11(3)15-5-2/h11-13,15H,4-10H2,1-3H3. The van der Waals surface area contributed by atoms with Crippen LogP contribution >= 0.6 is 0 Å². The Balaban J connectivity index is 2.35. The van der Waals surface area contributed by atoms with E-state index in [4.69, 9.17) is 0 Å². The molecule has 1 aliphatic carbocycles. The topological polar surface area (TPSA) is 29.1 Å². The Morgan fingerprint density at radius 1 is 1.38 bits per heavy atom. The summed E-state index contributed by atoms with van der Waals surface area (Å²) in [5.74, 6) is 1.66. The monoisotopic (exact) mass is 225 g/mol. The Morgan fingerprint density at radius 2 is 2.12 bits per heavy atom. The molecule has 16 heavy (non-hydrogen) atoms. The molecular weight excluding hydrogens is 198 g/mol. The molecule has 0 aliphatic heterocycles. The van der Waals surface area contributed by atoms with Crippen molar-refractivity contribution >= 4 is 5.78 Å². The number of Topliss-reactive ketones (excluding diaryl/α,β-unsaturated/α-hetero) is 1. The van der Waals surface area contributed by atoms with Crippen molar-refractivity contribution in [1.29, 1.82) is 0 Å². The van der Waals surface area contributed by atoms with Gasteiger partial charge < -0.3 is 5.32 Å². The lowest BCUT2D eigenvalue weighted by Crippen LogP contribution is -2.32. The van der Waals surface area contributed by atoms with Crippen LogP contribution in [0.15, 0.2) is 0 Å². The van der Waals surface area contributed by atoms with Crippen LogP contribution in [0.3, 0.4) is 0 Å². The third-order valence-electron chi connectivity index (χ3n) is 3.88. The molecule has 3 atom stereocenters. The second-order valence-corrected chi connectivity index (χ2v) is 5.27. The first kappa shape index (κ1) is 13.7. The summed E-state index contributed by atoms with van der Waals surface area (Å²) in [4.78, 5) is 12.1. The predicted molar refractivity (Wildman–Crippen MR) is 68.5 cm³/mol. The van der Waals surface area contributed by atoms with Crippen LogP contribution in [0, 0.1) is 11.8 Å². The van der Waals surface area contributed by atoms with Crippen molar-refractivity contribution in [3.05, 3.63) is 0 Å². The Hall–Kier alpha value is -0.370. The summed E-state index contributed by atoms with van der Waals surface area (Å²) in [7, 11) is 0. The quantitative estimate of drug-likeness (QED) is 0.752. The highest BCUT2D eigenvalue weighted by Crippen LogP contribution is 2.32. The lowest BCUT2D eigenvalue weighted by atomic mass is 9.77. The molecule has 0 aromatic heterocycles. The molecule has 1 saturated carbocycles. The van der Waals surface area contributed by atoms with E-state index in [0.717, 1.165) is 31.7 Å². The van der Waals surface area contributed by atoms with Gasteiger partial charge in [0.2, 0.25) is 0 Å². The van der Waals surface area contributed by atoms with E-state index in [2.05, 4.69) is 26.1 Å². The SMILES string of the molecule is CCNC(C)CC(=O)C1CCCC(CC)C1. The minimum absolute atomic E-state index is 0.347. The van der Waals surface area contributed by atoms with Crippen LogP contribution in [0.5, 0.6) is 0 Å². The molecule has 94 valence electrons. The molecule has 1 aliphatic rings. The third kappa shape index (κ3) is 4.25. The molecule has 2 heteroatoms. The number of carbonyl (C=O) groups excluding carboxylic acids is 1. The van der Waals surface area contributed by atoms with E-state index < -0.39 is 0 Å². The molecule has 1 N–H and O–H groups in total. The molecular formula is C14H27NO. The fourth-order valence-electron chi connectivity index (χ4n) is 2.84. The molecule has 0 aromatic rings. The smallest absolute Gasteiger partial charge is 0.137 e. The van der Waals surface area contributed by atoms with Crippen molar-refractivity contribution < 1.29 is 4.79 Å². The average molecular weight is 225 g/mol. The average Bonchev–Trinajstić information content (AvgIpc) is 2.29. The lowest BCUT2D eigenvalue weighted by molar-refractivity contribution is -0.124. The molecule has 2 nitrogen and oxygen atoms in total. The maximum Gasteiger partial charge on any atom is 0.137 e. The summed E-state index contributed by atoms with van der Waals surface area (Å²) < 4.78 is 0. The molecule has 0 saturated heterocycles. The molecule has 3 unspecified atom stereocenters. The number of hydrogen-bond acceptors (Lipinski definition) is 2. The van der Waals surface area contributed by atoms with Crippen molar-refractivity contribution in [2.24, 2.45) is 11.8 Å². The summed E-state index contributed by atoms with van der Waals surface area (Å²) in [6, 6.07) is 0.347. The van der Waals surface area contributed by atoms with Gasteiger partial charge in [0.1, 0.15) is 5.78 Å². The number of rotatable bonds is 6. The number of ketones is 1. The van der Waals surface area contributed by atoms with Crippen LogP contribution in [0.1, 0.15) is 59.3 Å². The third-order valence-corrected chi connectivity index (χ3v) is 3.88. The van der Waals surface area contributed by atoms with E-state index in [0.29, 0.717) is 17.7 Å². The van der Waals surface area contributed by atoms with Gasteiger partial charge in [-0.2, -0.15) is 0 Å². The molecule has 0 bridgehead atoms. The summed E-state index contributed by atoms with van der Waals surface area (Å²) in [6.07, 6.45) is 6.83. The van der Waals surface area contributed by atoms with Crippen molar-refractivity contribution in [1.82, 2.24) is 5.32 Å². The normalized spacial score (nSPS) is 27.7.